The smallest absolute Gasteiger partial charge is 0.220 e. The summed E-state index contributed by atoms with van der Waals surface area (Å²) in [5.41, 5.74) is 1.00. The van der Waals surface area contributed by atoms with Gasteiger partial charge in [0, 0.05) is 25.7 Å². The first-order valence-corrected chi connectivity index (χ1v) is 11.0. The van der Waals surface area contributed by atoms with Crippen LogP contribution in [-0.4, -0.2) is 66.6 Å². The van der Waals surface area contributed by atoms with Gasteiger partial charge in [0.1, 0.15) is 0 Å². The first-order valence-electron chi connectivity index (χ1n) is 11.0. The number of amides is 1. The van der Waals surface area contributed by atoms with Crippen molar-refractivity contribution in [3.05, 3.63) is 23.8 Å². The number of nitrogens with one attached hydrogen (secondary N) is 1. The van der Waals surface area contributed by atoms with E-state index < -0.39 is 6.10 Å². The molecule has 0 bridgehead atoms. The summed E-state index contributed by atoms with van der Waals surface area (Å²) in [6.07, 6.45) is 8.90. The van der Waals surface area contributed by atoms with Gasteiger partial charge in [-0.05, 0) is 34.1 Å². The van der Waals surface area contributed by atoms with Crippen LogP contribution in [0.5, 0.6) is 0 Å². The van der Waals surface area contributed by atoms with E-state index in [9.17, 15) is 9.90 Å². The Morgan fingerprint density at radius 3 is 2.63 bits per heavy atom. The van der Waals surface area contributed by atoms with Crippen LogP contribution in [0.3, 0.4) is 0 Å². The molecule has 0 aromatic heterocycles. The van der Waals surface area contributed by atoms with Gasteiger partial charge in [-0.1, -0.05) is 23.8 Å². The monoisotopic (exact) mass is 423 g/mol. The van der Waals surface area contributed by atoms with E-state index in [0.29, 0.717) is 32.5 Å². The molecule has 0 radical (unpaired) electrons. The molecular formula is C23H37NO6. The molecule has 2 N–H and O–H groups in total. The molecule has 3 aliphatic rings. The van der Waals surface area contributed by atoms with Gasteiger partial charge in [-0.25, -0.2) is 0 Å². The molecule has 0 aliphatic carbocycles. The highest BCUT2D eigenvalue weighted by molar-refractivity contribution is 5.76. The molecule has 3 heterocycles. The molecule has 1 unspecified atom stereocenters. The number of rotatable bonds is 8. The summed E-state index contributed by atoms with van der Waals surface area (Å²) < 4.78 is 23.3. The standard InChI is InChI=1S/C23H37NO6/c1-16(5-8-19-11-23(15-29-23)14-22(3,4)30-19)6-10-21-27-12-18(13-28-21)24-20(26)9-7-17(2)25/h5-6,8,17-19,21,25H,7,9-15H2,1-4H3,(H,24,26)/b8-5+,16-6+/t17?,18-,19-,21+,23-/m1/s1. The maximum absolute atomic E-state index is 11.8. The van der Waals surface area contributed by atoms with E-state index >= 15 is 0 Å². The van der Waals surface area contributed by atoms with Gasteiger partial charge in [0.2, 0.25) is 5.91 Å². The zero-order valence-corrected chi connectivity index (χ0v) is 18.7. The highest BCUT2D eigenvalue weighted by atomic mass is 16.7. The van der Waals surface area contributed by atoms with Crippen molar-refractivity contribution < 1.29 is 28.8 Å². The third kappa shape index (κ3) is 7.46. The van der Waals surface area contributed by atoms with Crippen LogP contribution < -0.4 is 5.32 Å². The van der Waals surface area contributed by atoms with Crippen LogP contribution in [0.1, 0.15) is 59.8 Å². The molecule has 3 aliphatic heterocycles. The molecule has 0 saturated carbocycles. The van der Waals surface area contributed by atoms with E-state index in [4.69, 9.17) is 18.9 Å². The van der Waals surface area contributed by atoms with E-state index in [-0.39, 0.29) is 35.5 Å². The third-order valence-electron chi connectivity index (χ3n) is 5.67. The lowest BCUT2D eigenvalue weighted by molar-refractivity contribution is -0.188. The number of hydrogen-bond acceptors (Lipinski definition) is 6. The van der Waals surface area contributed by atoms with E-state index in [2.05, 4.69) is 44.3 Å². The summed E-state index contributed by atoms with van der Waals surface area (Å²) >= 11 is 0. The molecule has 170 valence electrons. The fourth-order valence-electron chi connectivity index (χ4n) is 4.15. The second kappa shape index (κ2) is 9.92. The van der Waals surface area contributed by atoms with Gasteiger partial charge in [-0.2, -0.15) is 0 Å². The van der Waals surface area contributed by atoms with Crippen LogP contribution >= 0.6 is 0 Å². The minimum Gasteiger partial charge on any atom is -0.393 e. The fraction of sp³-hybridized carbons (Fsp3) is 0.783. The van der Waals surface area contributed by atoms with Crippen molar-refractivity contribution in [2.24, 2.45) is 0 Å². The van der Waals surface area contributed by atoms with Crippen LogP contribution in [-0.2, 0) is 23.7 Å². The molecule has 30 heavy (non-hydrogen) atoms. The molecule has 7 nitrogen and oxygen atoms in total. The summed E-state index contributed by atoms with van der Waals surface area (Å²) in [6.45, 7) is 9.69. The highest BCUT2D eigenvalue weighted by Crippen LogP contribution is 2.46. The summed E-state index contributed by atoms with van der Waals surface area (Å²) in [5, 5.41) is 12.1. The maximum Gasteiger partial charge on any atom is 0.220 e. The number of aliphatic hydroxyl groups is 1. The zero-order chi connectivity index (χ0) is 21.8. The van der Waals surface area contributed by atoms with Crippen LogP contribution in [0.4, 0.5) is 0 Å². The topological polar surface area (TPSA) is 89.5 Å². The number of ether oxygens (including phenoxy) is 4. The van der Waals surface area contributed by atoms with E-state index in [1.807, 2.05) is 0 Å². The molecule has 3 saturated heterocycles. The number of epoxide rings is 1. The van der Waals surface area contributed by atoms with Gasteiger partial charge >= 0.3 is 0 Å². The van der Waals surface area contributed by atoms with E-state index in [0.717, 1.165) is 25.0 Å². The van der Waals surface area contributed by atoms with Crippen LogP contribution in [0.25, 0.3) is 0 Å². The van der Waals surface area contributed by atoms with Crippen molar-refractivity contribution in [2.45, 2.75) is 95.5 Å². The number of carbonyl (C=O) groups is 1. The van der Waals surface area contributed by atoms with Crippen molar-refractivity contribution >= 4 is 5.91 Å². The third-order valence-corrected chi connectivity index (χ3v) is 5.67. The molecule has 0 aromatic rings. The Hall–Kier alpha value is -1.25. The first-order chi connectivity index (χ1) is 14.1. The average molecular weight is 424 g/mol. The Balaban J connectivity index is 1.37. The van der Waals surface area contributed by atoms with Crippen molar-refractivity contribution in [1.82, 2.24) is 5.32 Å². The van der Waals surface area contributed by atoms with E-state index in [1.165, 1.54) is 0 Å². The molecule has 3 rings (SSSR count). The lowest BCUT2D eigenvalue weighted by Crippen LogP contribution is -2.47. The van der Waals surface area contributed by atoms with Gasteiger partial charge in [-0.15, -0.1) is 0 Å². The lowest BCUT2D eigenvalue weighted by Gasteiger charge is -2.38. The van der Waals surface area contributed by atoms with Crippen molar-refractivity contribution in [1.29, 1.82) is 0 Å². The Morgan fingerprint density at radius 2 is 2.00 bits per heavy atom. The van der Waals surface area contributed by atoms with Gasteiger partial charge in [0.05, 0.1) is 49.3 Å². The highest BCUT2D eigenvalue weighted by Gasteiger charge is 2.53. The summed E-state index contributed by atoms with van der Waals surface area (Å²) in [4.78, 5) is 11.8. The second-order valence-electron chi connectivity index (χ2n) is 9.56. The first kappa shape index (κ1) is 23.4. The van der Waals surface area contributed by atoms with E-state index in [1.54, 1.807) is 6.92 Å². The summed E-state index contributed by atoms with van der Waals surface area (Å²) in [7, 11) is 0. The minimum absolute atomic E-state index is 0.0282. The summed E-state index contributed by atoms with van der Waals surface area (Å²) in [5.74, 6) is -0.0843. The largest absolute Gasteiger partial charge is 0.393 e. The SMILES string of the molecule is CC(/C=C/[C@@H]1C[C@]2(CO2)CC(C)(C)O1)=C\C[C@H]1OC[C@@H](NC(=O)CCC(C)O)CO1. The zero-order valence-electron chi connectivity index (χ0n) is 18.7. The molecule has 3 fully saturated rings. The Morgan fingerprint density at radius 1 is 1.30 bits per heavy atom. The van der Waals surface area contributed by atoms with Gasteiger partial charge in [-0.3, -0.25) is 4.79 Å². The van der Waals surface area contributed by atoms with Crippen LogP contribution in [0, 0.1) is 0 Å². The maximum atomic E-state index is 11.8. The predicted molar refractivity (Wildman–Crippen MR) is 113 cm³/mol. The van der Waals surface area contributed by atoms with Crippen LogP contribution in [0.15, 0.2) is 23.8 Å². The molecule has 0 aromatic carbocycles. The molecule has 1 spiro atoms. The average Bonchev–Trinajstić information content (AvgIpc) is 3.40. The molecule has 7 heteroatoms. The predicted octanol–water partition coefficient (Wildman–Crippen LogP) is 2.62. The second-order valence-corrected chi connectivity index (χ2v) is 9.56. The summed E-state index contributed by atoms with van der Waals surface area (Å²) in [6, 6.07) is -0.142. The lowest BCUT2D eigenvalue weighted by atomic mass is 9.85. The number of carbonyl (C=O) groups excluding carboxylic acids is 1. The molecule has 1 amide bonds. The van der Waals surface area contributed by atoms with Gasteiger partial charge < -0.3 is 29.4 Å². The van der Waals surface area contributed by atoms with Crippen molar-refractivity contribution in [3.8, 4) is 0 Å². The molecular weight excluding hydrogens is 386 g/mol. The van der Waals surface area contributed by atoms with Gasteiger partial charge in [0.25, 0.3) is 0 Å². The van der Waals surface area contributed by atoms with Crippen LogP contribution in [0.2, 0.25) is 0 Å². The molecule has 3 atom stereocenters. The Bertz CT molecular complexity index is 638. The van der Waals surface area contributed by atoms with Crippen molar-refractivity contribution in [3.63, 3.8) is 0 Å². The van der Waals surface area contributed by atoms with Crippen molar-refractivity contribution in [2.75, 3.05) is 19.8 Å². The number of aliphatic hydroxyl groups excluding tert-OH is 1. The fourth-order valence-corrected chi connectivity index (χ4v) is 4.15. The quantitative estimate of drug-likeness (QED) is 0.461. The number of hydrogen-bond donors (Lipinski definition) is 2. The minimum atomic E-state index is -0.470. The van der Waals surface area contributed by atoms with Gasteiger partial charge in [0.15, 0.2) is 6.29 Å². The Labute approximate surface area is 179 Å². The normalized spacial score (nSPS) is 34.8. The Kier molecular flexibility index (Phi) is 7.74. The number of allylic oxidation sites excluding steroid dienone is 2.